The molecule has 1 N–H and O–H groups in total. The quantitative estimate of drug-likeness (QED) is 0.873. The van der Waals surface area contributed by atoms with E-state index in [0.29, 0.717) is 6.04 Å². The highest BCUT2D eigenvalue weighted by molar-refractivity contribution is 7.09. The lowest BCUT2D eigenvalue weighted by Crippen LogP contribution is -2.40. The van der Waals surface area contributed by atoms with Gasteiger partial charge in [0.15, 0.2) is 0 Å². The summed E-state index contributed by atoms with van der Waals surface area (Å²) in [5, 5.41) is 3.72. The summed E-state index contributed by atoms with van der Waals surface area (Å²) in [4.78, 5) is 5.69. The monoisotopic (exact) mass is 238 g/mol. The van der Waals surface area contributed by atoms with E-state index in [1.165, 1.54) is 29.8 Å². The summed E-state index contributed by atoms with van der Waals surface area (Å²) < 4.78 is 0. The molecule has 1 aromatic rings. The lowest BCUT2D eigenvalue weighted by molar-refractivity contribution is 0.206. The van der Waals surface area contributed by atoms with E-state index >= 15 is 0 Å². The molecule has 90 valence electrons. The molecule has 0 spiro atoms. The van der Waals surface area contributed by atoms with E-state index in [2.05, 4.69) is 31.1 Å². The van der Waals surface area contributed by atoms with E-state index in [4.69, 9.17) is 0 Å². The Balaban J connectivity index is 1.88. The molecule has 0 aromatic carbocycles. The van der Waals surface area contributed by atoms with Gasteiger partial charge in [0.1, 0.15) is 0 Å². The van der Waals surface area contributed by atoms with Gasteiger partial charge in [-0.25, -0.2) is 4.98 Å². The van der Waals surface area contributed by atoms with Crippen LogP contribution in [0.2, 0.25) is 0 Å². The Morgan fingerprint density at radius 3 is 2.94 bits per heavy atom. The highest BCUT2D eigenvalue weighted by atomic mass is 32.1. The molecule has 16 heavy (non-hydrogen) atoms. The normalized spacial score (nSPS) is 30.6. The molecule has 0 saturated heterocycles. The second kappa shape index (κ2) is 5.28. The third kappa shape index (κ3) is 2.64. The third-order valence-electron chi connectivity index (χ3n) is 4.08. The van der Waals surface area contributed by atoms with Gasteiger partial charge in [0.25, 0.3) is 0 Å². The summed E-state index contributed by atoms with van der Waals surface area (Å²) in [6.07, 6.45) is 4.12. The molecule has 0 bridgehead atoms. The Labute approximate surface area is 102 Å². The third-order valence-corrected chi connectivity index (χ3v) is 5.01. The first-order valence-corrected chi connectivity index (χ1v) is 7.18. The van der Waals surface area contributed by atoms with Crippen LogP contribution in [0.3, 0.4) is 0 Å². The van der Waals surface area contributed by atoms with Crippen LogP contribution in [0.1, 0.15) is 43.7 Å². The Kier molecular flexibility index (Phi) is 3.98. The summed E-state index contributed by atoms with van der Waals surface area (Å²) in [5.74, 6) is 1.68. The summed E-state index contributed by atoms with van der Waals surface area (Å²) >= 11 is 1.77. The molecule has 0 aliphatic heterocycles. The number of hydrogen-bond acceptors (Lipinski definition) is 3. The van der Waals surface area contributed by atoms with E-state index < -0.39 is 0 Å². The van der Waals surface area contributed by atoms with Gasteiger partial charge in [-0.05, 0) is 25.2 Å². The summed E-state index contributed by atoms with van der Waals surface area (Å²) in [7, 11) is 0. The van der Waals surface area contributed by atoms with Crippen molar-refractivity contribution in [1.29, 1.82) is 0 Å². The number of nitrogens with zero attached hydrogens (tertiary/aromatic N) is 1. The number of nitrogens with one attached hydrogen (secondary N) is 1. The van der Waals surface area contributed by atoms with Gasteiger partial charge in [-0.1, -0.05) is 26.7 Å². The van der Waals surface area contributed by atoms with Crippen LogP contribution in [0.4, 0.5) is 0 Å². The molecule has 0 radical (unpaired) electrons. The minimum Gasteiger partial charge on any atom is -0.309 e. The minimum absolute atomic E-state index is 0.699. The fourth-order valence-electron chi connectivity index (χ4n) is 2.59. The van der Waals surface area contributed by atoms with E-state index in [1.807, 2.05) is 5.51 Å². The summed E-state index contributed by atoms with van der Waals surface area (Å²) in [6.45, 7) is 7.87. The van der Waals surface area contributed by atoms with Crippen LogP contribution in [0.15, 0.2) is 5.51 Å². The smallest absolute Gasteiger partial charge is 0.0798 e. The Morgan fingerprint density at radius 2 is 2.25 bits per heavy atom. The van der Waals surface area contributed by atoms with Crippen LogP contribution in [0, 0.1) is 18.8 Å². The number of aromatic nitrogens is 1. The zero-order valence-electron chi connectivity index (χ0n) is 10.5. The molecule has 1 heterocycles. The van der Waals surface area contributed by atoms with Crippen LogP contribution in [0.25, 0.3) is 0 Å². The summed E-state index contributed by atoms with van der Waals surface area (Å²) in [6, 6.07) is 0.699. The summed E-state index contributed by atoms with van der Waals surface area (Å²) in [5.41, 5.74) is 3.13. The molecular formula is C13H22N2S. The first-order chi connectivity index (χ1) is 7.68. The molecule has 1 fully saturated rings. The van der Waals surface area contributed by atoms with Crippen molar-refractivity contribution in [2.45, 2.75) is 52.6 Å². The largest absolute Gasteiger partial charge is 0.309 e. The van der Waals surface area contributed by atoms with Gasteiger partial charge in [0.05, 0.1) is 11.2 Å². The maximum atomic E-state index is 4.29. The highest BCUT2D eigenvalue weighted by Crippen LogP contribution is 2.29. The standard InChI is InChI=1S/C13H22N2S/c1-9-5-4-6-12(10(9)2)14-7-13-11(3)15-8-16-13/h8-10,12,14H,4-7H2,1-3H3. The maximum Gasteiger partial charge on any atom is 0.0798 e. The molecule has 3 unspecified atom stereocenters. The fraction of sp³-hybridized carbons (Fsp3) is 0.769. The topological polar surface area (TPSA) is 24.9 Å². The molecule has 1 saturated carbocycles. The average molecular weight is 238 g/mol. The van der Waals surface area contributed by atoms with Crippen LogP contribution in [-0.4, -0.2) is 11.0 Å². The van der Waals surface area contributed by atoms with E-state index in [-0.39, 0.29) is 0 Å². The van der Waals surface area contributed by atoms with E-state index in [0.717, 1.165) is 18.4 Å². The van der Waals surface area contributed by atoms with Crippen molar-refractivity contribution in [3.8, 4) is 0 Å². The number of thiazole rings is 1. The molecule has 1 aliphatic rings. The lowest BCUT2D eigenvalue weighted by Gasteiger charge is -2.34. The molecule has 3 atom stereocenters. The second-order valence-corrected chi connectivity index (χ2v) is 6.05. The second-order valence-electron chi connectivity index (χ2n) is 5.12. The average Bonchev–Trinajstić information content (AvgIpc) is 2.67. The van der Waals surface area contributed by atoms with Gasteiger partial charge in [0, 0.05) is 17.5 Å². The SMILES string of the molecule is Cc1ncsc1CNC1CCCC(C)C1C. The minimum atomic E-state index is 0.699. The van der Waals surface area contributed by atoms with Gasteiger partial charge in [-0.2, -0.15) is 0 Å². The highest BCUT2D eigenvalue weighted by Gasteiger charge is 2.26. The van der Waals surface area contributed by atoms with Gasteiger partial charge in [-0.15, -0.1) is 11.3 Å². The number of hydrogen-bond donors (Lipinski definition) is 1. The van der Waals surface area contributed by atoms with Gasteiger partial charge >= 0.3 is 0 Å². The molecule has 0 amide bonds. The molecular weight excluding hydrogens is 216 g/mol. The van der Waals surface area contributed by atoms with Crippen molar-refractivity contribution >= 4 is 11.3 Å². The van der Waals surface area contributed by atoms with Crippen LogP contribution < -0.4 is 5.32 Å². The maximum absolute atomic E-state index is 4.29. The van der Waals surface area contributed by atoms with Gasteiger partial charge in [-0.3, -0.25) is 0 Å². The van der Waals surface area contributed by atoms with E-state index in [9.17, 15) is 0 Å². The van der Waals surface area contributed by atoms with Crippen molar-refractivity contribution < 1.29 is 0 Å². The molecule has 2 nitrogen and oxygen atoms in total. The Hall–Kier alpha value is -0.410. The predicted molar refractivity (Wildman–Crippen MR) is 69.7 cm³/mol. The molecule has 1 aromatic heterocycles. The lowest BCUT2D eigenvalue weighted by atomic mass is 9.78. The fourth-order valence-corrected chi connectivity index (χ4v) is 3.32. The van der Waals surface area contributed by atoms with Gasteiger partial charge < -0.3 is 5.32 Å². The van der Waals surface area contributed by atoms with Gasteiger partial charge in [0.2, 0.25) is 0 Å². The number of aryl methyl sites for hydroxylation is 1. The zero-order chi connectivity index (χ0) is 11.5. The Morgan fingerprint density at radius 1 is 1.44 bits per heavy atom. The van der Waals surface area contributed by atoms with Crippen LogP contribution in [-0.2, 0) is 6.54 Å². The van der Waals surface area contributed by atoms with Crippen LogP contribution >= 0.6 is 11.3 Å². The zero-order valence-corrected chi connectivity index (χ0v) is 11.3. The van der Waals surface area contributed by atoms with Crippen LogP contribution in [0.5, 0.6) is 0 Å². The van der Waals surface area contributed by atoms with Crippen molar-refractivity contribution in [2.75, 3.05) is 0 Å². The molecule has 2 rings (SSSR count). The van der Waals surface area contributed by atoms with Crippen molar-refractivity contribution in [1.82, 2.24) is 10.3 Å². The molecule has 3 heteroatoms. The first kappa shape index (κ1) is 12.1. The van der Waals surface area contributed by atoms with E-state index in [1.54, 1.807) is 11.3 Å². The van der Waals surface area contributed by atoms with Crippen molar-refractivity contribution in [3.05, 3.63) is 16.1 Å². The Bertz CT molecular complexity index is 334. The molecule has 1 aliphatic carbocycles. The van der Waals surface area contributed by atoms with Crippen molar-refractivity contribution in [2.24, 2.45) is 11.8 Å². The number of rotatable bonds is 3. The van der Waals surface area contributed by atoms with Crippen molar-refractivity contribution in [3.63, 3.8) is 0 Å². The predicted octanol–water partition coefficient (Wildman–Crippen LogP) is 3.37. The first-order valence-electron chi connectivity index (χ1n) is 6.31.